The second-order valence-electron chi connectivity index (χ2n) is 16.0. The molecule has 0 amide bonds. The lowest BCUT2D eigenvalue weighted by Crippen LogP contribution is -2.15. The minimum absolute atomic E-state index is 0.100. The van der Waals surface area contributed by atoms with Crippen LogP contribution in [0.4, 0.5) is 0 Å². The molecule has 8 aromatic carbocycles. The summed E-state index contributed by atoms with van der Waals surface area (Å²) in [6.07, 6.45) is 3.70. The molecule has 0 saturated heterocycles. The van der Waals surface area contributed by atoms with Crippen LogP contribution in [-0.2, 0) is 5.41 Å². The van der Waals surface area contributed by atoms with Crippen LogP contribution in [0.25, 0.3) is 100.0 Å². The van der Waals surface area contributed by atoms with E-state index in [1.165, 1.54) is 55.3 Å². The maximum absolute atomic E-state index is 5.28. The summed E-state index contributed by atoms with van der Waals surface area (Å²) in [4.78, 5) is 14.9. The van der Waals surface area contributed by atoms with E-state index in [-0.39, 0.29) is 5.41 Å². The Labute approximate surface area is 344 Å². The van der Waals surface area contributed by atoms with Crippen LogP contribution < -0.4 is 0 Å². The van der Waals surface area contributed by atoms with Crippen LogP contribution in [0, 0.1) is 0 Å². The molecule has 0 fully saturated rings. The molecule has 0 N–H and O–H groups in total. The lowest BCUT2D eigenvalue weighted by atomic mass is 9.80. The monoisotopic (exact) mass is 753 g/mol. The van der Waals surface area contributed by atoms with Crippen molar-refractivity contribution < 1.29 is 0 Å². The number of hydrogen-bond donors (Lipinski definition) is 0. The first-order valence-electron chi connectivity index (χ1n) is 20.3. The van der Waals surface area contributed by atoms with Crippen LogP contribution in [0.3, 0.4) is 0 Å². The molecule has 0 saturated carbocycles. The topological polar surface area (TPSA) is 38.7 Å². The van der Waals surface area contributed by atoms with E-state index in [9.17, 15) is 0 Å². The zero-order valence-electron chi connectivity index (χ0n) is 32.9. The molecule has 10 aromatic rings. The Hall–Kier alpha value is -7.49. The molecular formula is C56H39N3. The van der Waals surface area contributed by atoms with Crippen LogP contribution in [-0.4, -0.2) is 15.0 Å². The standard InChI is InChI=1S/C56H39N3/c1-56(2)50-23-11-22-44(53(50)49-29-28-36-13-6-7-19-45(36)54(49)56)38-26-24-37(25-27-38)43-30-31-48(47-21-9-8-20-46(43)47)55-58-51(39-14-4-3-5-15-39)34-52(59-55)41-17-10-16-40(33-41)42-18-12-32-57-35-42/h3-35H,1-2H3. The lowest BCUT2D eigenvalue weighted by Gasteiger charge is -2.23. The average Bonchev–Trinajstić information content (AvgIpc) is 3.55. The number of benzene rings is 8. The molecule has 11 rings (SSSR count). The van der Waals surface area contributed by atoms with Crippen LogP contribution in [0.5, 0.6) is 0 Å². The third kappa shape index (κ3) is 5.85. The summed E-state index contributed by atoms with van der Waals surface area (Å²) >= 11 is 0. The number of nitrogens with zero attached hydrogens (tertiary/aromatic N) is 3. The van der Waals surface area contributed by atoms with Gasteiger partial charge >= 0.3 is 0 Å². The average molecular weight is 754 g/mol. The summed E-state index contributed by atoms with van der Waals surface area (Å²) in [6, 6.07) is 67.5. The van der Waals surface area contributed by atoms with Gasteiger partial charge in [-0.25, -0.2) is 9.97 Å². The van der Waals surface area contributed by atoms with E-state index in [2.05, 4.69) is 195 Å². The lowest BCUT2D eigenvalue weighted by molar-refractivity contribution is 0.666. The highest BCUT2D eigenvalue weighted by molar-refractivity contribution is 6.05. The predicted octanol–water partition coefficient (Wildman–Crippen LogP) is 14.5. The van der Waals surface area contributed by atoms with E-state index in [0.29, 0.717) is 5.82 Å². The Balaban J connectivity index is 1.00. The summed E-state index contributed by atoms with van der Waals surface area (Å²) in [6.45, 7) is 4.74. The summed E-state index contributed by atoms with van der Waals surface area (Å²) in [7, 11) is 0. The van der Waals surface area contributed by atoms with Crippen LogP contribution in [0.15, 0.2) is 200 Å². The van der Waals surface area contributed by atoms with Crippen molar-refractivity contribution in [2.45, 2.75) is 19.3 Å². The van der Waals surface area contributed by atoms with E-state index in [0.717, 1.165) is 50.0 Å². The second kappa shape index (κ2) is 13.9. The number of fused-ring (bicyclic) bond motifs is 6. The number of aromatic nitrogens is 3. The van der Waals surface area contributed by atoms with E-state index in [1.54, 1.807) is 6.20 Å². The van der Waals surface area contributed by atoms with Crippen molar-refractivity contribution in [3.05, 3.63) is 212 Å². The van der Waals surface area contributed by atoms with Crippen molar-refractivity contribution in [2.75, 3.05) is 0 Å². The first-order valence-corrected chi connectivity index (χ1v) is 20.3. The maximum atomic E-state index is 5.28. The molecule has 1 aliphatic carbocycles. The number of hydrogen-bond acceptors (Lipinski definition) is 3. The molecule has 3 heteroatoms. The summed E-state index contributed by atoms with van der Waals surface area (Å²) in [5, 5.41) is 4.90. The molecule has 3 nitrogen and oxygen atoms in total. The van der Waals surface area contributed by atoms with Gasteiger partial charge in [0.15, 0.2) is 5.82 Å². The van der Waals surface area contributed by atoms with E-state index in [1.807, 2.05) is 18.3 Å². The van der Waals surface area contributed by atoms with Crippen LogP contribution in [0.1, 0.15) is 25.0 Å². The maximum Gasteiger partial charge on any atom is 0.161 e. The van der Waals surface area contributed by atoms with Crippen LogP contribution >= 0.6 is 0 Å². The second-order valence-corrected chi connectivity index (χ2v) is 16.0. The van der Waals surface area contributed by atoms with Crippen molar-refractivity contribution in [1.82, 2.24) is 15.0 Å². The fourth-order valence-corrected chi connectivity index (χ4v) is 9.33. The molecule has 2 heterocycles. The van der Waals surface area contributed by atoms with Crippen molar-refractivity contribution in [3.63, 3.8) is 0 Å². The van der Waals surface area contributed by atoms with Crippen LogP contribution in [0.2, 0.25) is 0 Å². The molecule has 0 bridgehead atoms. The van der Waals surface area contributed by atoms with Gasteiger partial charge in [-0.3, -0.25) is 4.98 Å². The smallest absolute Gasteiger partial charge is 0.161 e. The van der Waals surface area contributed by atoms with E-state index in [4.69, 9.17) is 9.97 Å². The summed E-state index contributed by atoms with van der Waals surface area (Å²) in [5.74, 6) is 0.695. The van der Waals surface area contributed by atoms with Crippen molar-refractivity contribution in [2.24, 2.45) is 0 Å². The normalized spacial score (nSPS) is 12.7. The minimum Gasteiger partial charge on any atom is -0.264 e. The highest BCUT2D eigenvalue weighted by Crippen LogP contribution is 2.54. The minimum atomic E-state index is -0.100. The Bertz CT molecular complexity index is 3220. The fraction of sp³-hybridized carbons (Fsp3) is 0.0536. The molecule has 0 aliphatic heterocycles. The summed E-state index contributed by atoms with van der Waals surface area (Å²) < 4.78 is 0. The quantitative estimate of drug-likeness (QED) is 0.170. The summed E-state index contributed by atoms with van der Waals surface area (Å²) in [5.41, 5.74) is 17.2. The van der Waals surface area contributed by atoms with Gasteiger partial charge in [-0.2, -0.15) is 0 Å². The fourth-order valence-electron chi connectivity index (χ4n) is 9.33. The molecule has 0 atom stereocenters. The van der Waals surface area contributed by atoms with Gasteiger partial charge in [0.2, 0.25) is 0 Å². The molecular weight excluding hydrogens is 715 g/mol. The third-order valence-electron chi connectivity index (χ3n) is 12.2. The van der Waals surface area contributed by atoms with Gasteiger partial charge in [0.1, 0.15) is 0 Å². The first kappa shape index (κ1) is 34.7. The molecule has 1 aliphatic rings. The van der Waals surface area contributed by atoms with Gasteiger partial charge in [0.25, 0.3) is 0 Å². The SMILES string of the molecule is CC1(C)c2cccc(-c3ccc(-c4ccc(-c5nc(-c6ccccc6)cc(-c6cccc(-c7cccnc7)c6)n5)c5ccccc45)cc3)c2-c2ccc3ccccc3c21. The van der Waals surface area contributed by atoms with Gasteiger partial charge in [0, 0.05) is 40.1 Å². The van der Waals surface area contributed by atoms with Gasteiger partial charge in [-0.15, -0.1) is 0 Å². The van der Waals surface area contributed by atoms with Crippen molar-refractivity contribution >= 4 is 21.5 Å². The van der Waals surface area contributed by atoms with Crippen molar-refractivity contribution in [3.8, 4) is 78.4 Å². The van der Waals surface area contributed by atoms with Gasteiger partial charge in [-0.1, -0.05) is 178 Å². The molecule has 59 heavy (non-hydrogen) atoms. The van der Waals surface area contributed by atoms with E-state index >= 15 is 0 Å². The van der Waals surface area contributed by atoms with Gasteiger partial charge < -0.3 is 0 Å². The molecule has 0 unspecified atom stereocenters. The molecule has 0 radical (unpaired) electrons. The van der Waals surface area contributed by atoms with Gasteiger partial charge in [-0.05, 0) is 95.9 Å². The largest absolute Gasteiger partial charge is 0.264 e. The third-order valence-corrected chi connectivity index (χ3v) is 12.2. The Morgan fingerprint density at radius 1 is 0.390 bits per heavy atom. The predicted molar refractivity (Wildman–Crippen MR) is 245 cm³/mol. The first-order chi connectivity index (χ1) is 29.0. The highest BCUT2D eigenvalue weighted by Gasteiger charge is 2.38. The zero-order chi connectivity index (χ0) is 39.5. The zero-order valence-corrected chi connectivity index (χ0v) is 32.9. The molecule has 0 spiro atoms. The number of pyridine rings is 1. The molecule has 278 valence electrons. The van der Waals surface area contributed by atoms with Crippen molar-refractivity contribution in [1.29, 1.82) is 0 Å². The number of rotatable bonds is 6. The highest BCUT2D eigenvalue weighted by atomic mass is 14.9. The Morgan fingerprint density at radius 3 is 1.78 bits per heavy atom. The van der Waals surface area contributed by atoms with Gasteiger partial charge in [0.05, 0.1) is 11.4 Å². The van der Waals surface area contributed by atoms with E-state index < -0.39 is 0 Å². The molecule has 2 aromatic heterocycles. The Morgan fingerprint density at radius 2 is 1.00 bits per heavy atom. The Kier molecular flexibility index (Phi) is 8.16.